The van der Waals surface area contributed by atoms with Gasteiger partial charge in [0.2, 0.25) is 11.8 Å². The van der Waals surface area contributed by atoms with E-state index in [2.05, 4.69) is 0 Å². The molecule has 31 heavy (non-hydrogen) atoms. The number of hydrogen-bond donors (Lipinski definition) is 0. The maximum Gasteiger partial charge on any atom is 0.257 e. The Morgan fingerprint density at radius 2 is 1.71 bits per heavy atom. The van der Waals surface area contributed by atoms with Crippen molar-refractivity contribution in [3.63, 3.8) is 0 Å². The highest BCUT2D eigenvalue weighted by atomic mass is 16.5. The Balaban J connectivity index is 1.70. The van der Waals surface area contributed by atoms with Crippen molar-refractivity contribution in [3.05, 3.63) is 54.1 Å². The Labute approximate surface area is 182 Å². The minimum absolute atomic E-state index is 0.0187. The topological polar surface area (TPSA) is 76.2 Å². The van der Waals surface area contributed by atoms with Gasteiger partial charge < -0.3 is 14.4 Å². The van der Waals surface area contributed by atoms with E-state index in [1.165, 1.54) is 11.8 Å². The zero-order valence-electron chi connectivity index (χ0n) is 18.2. The van der Waals surface area contributed by atoms with Gasteiger partial charge in [0.05, 0.1) is 25.8 Å². The van der Waals surface area contributed by atoms with Crippen LogP contribution in [0.4, 0.5) is 5.69 Å². The molecule has 1 saturated heterocycles. The minimum atomic E-state index is -0.792. The summed E-state index contributed by atoms with van der Waals surface area (Å²) in [4.78, 5) is 40.7. The standard InChI is InChI=1S/C24H28N2O5/c1-4-15-31-21-11-7-19(8-12-21)26-23(28)16-22(24(26)29)25(17(2)27)14-13-18-5-9-20(30-3)10-6-18/h5-12,22H,4,13-16H2,1-3H3. The van der Waals surface area contributed by atoms with Gasteiger partial charge in [0.25, 0.3) is 5.91 Å². The van der Waals surface area contributed by atoms with Crippen molar-refractivity contribution in [2.75, 3.05) is 25.2 Å². The molecule has 0 N–H and O–H groups in total. The van der Waals surface area contributed by atoms with E-state index >= 15 is 0 Å². The zero-order chi connectivity index (χ0) is 22.4. The molecule has 0 aromatic heterocycles. The number of ether oxygens (including phenoxy) is 2. The third-order valence-corrected chi connectivity index (χ3v) is 5.27. The second-order valence-corrected chi connectivity index (χ2v) is 7.44. The Morgan fingerprint density at radius 1 is 1.06 bits per heavy atom. The van der Waals surface area contributed by atoms with E-state index in [9.17, 15) is 14.4 Å². The summed E-state index contributed by atoms with van der Waals surface area (Å²) in [6.45, 7) is 4.40. The van der Waals surface area contributed by atoms with Gasteiger partial charge in [-0.05, 0) is 54.8 Å². The second kappa shape index (κ2) is 10.1. The van der Waals surface area contributed by atoms with E-state index in [0.717, 1.165) is 22.6 Å². The fourth-order valence-electron chi connectivity index (χ4n) is 3.62. The SMILES string of the molecule is CCCOc1ccc(N2C(=O)CC(N(CCc3ccc(OC)cc3)C(C)=O)C2=O)cc1. The highest BCUT2D eigenvalue weighted by molar-refractivity contribution is 6.23. The van der Waals surface area contributed by atoms with Crippen LogP contribution in [0.25, 0.3) is 0 Å². The zero-order valence-corrected chi connectivity index (χ0v) is 18.2. The van der Waals surface area contributed by atoms with E-state index < -0.39 is 6.04 Å². The molecule has 2 aromatic rings. The summed E-state index contributed by atoms with van der Waals surface area (Å²) in [5.41, 5.74) is 1.50. The van der Waals surface area contributed by atoms with Gasteiger partial charge >= 0.3 is 0 Å². The molecule has 1 unspecified atom stereocenters. The van der Waals surface area contributed by atoms with E-state index in [0.29, 0.717) is 31.0 Å². The molecule has 0 spiro atoms. The van der Waals surface area contributed by atoms with Crippen LogP contribution in [0.3, 0.4) is 0 Å². The van der Waals surface area contributed by atoms with Crippen molar-refractivity contribution in [1.82, 2.24) is 4.90 Å². The van der Waals surface area contributed by atoms with Gasteiger partial charge in [-0.3, -0.25) is 14.4 Å². The molecule has 1 fully saturated rings. The number of benzene rings is 2. The van der Waals surface area contributed by atoms with Crippen LogP contribution in [0.1, 0.15) is 32.3 Å². The number of amides is 3. The molecule has 1 heterocycles. The lowest BCUT2D eigenvalue weighted by Gasteiger charge is -2.26. The van der Waals surface area contributed by atoms with Gasteiger partial charge in [-0.25, -0.2) is 4.90 Å². The van der Waals surface area contributed by atoms with Crippen LogP contribution < -0.4 is 14.4 Å². The third-order valence-electron chi connectivity index (χ3n) is 5.27. The predicted molar refractivity (Wildman–Crippen MR) is 117 cm³/mol. The number of nitrogens with zero attached hydrogens (tertiary/aromatic N) is 2. The average Bonchev–Trinajstić information content (AvgIpc) is 3.06. The van der Waals surface area contributed by atoms with Gasteiger partial charge in [-0.15, -0.1) is 0 Å². The number of carbonyl (C=O) groups excluding carboxylic acids is 3. The molecular weight excluding hydrogens is 396 g/mol. The summed E-state index contributed by atoms with van der Waals surface area (Å²) in [5, 5.41) is 0. The van der Waals surface area contributed by atoms with Crippen molar-refractivity contribution < 1.29 is 23.9 Å². The molecule has 164 valence electrons. The second-order valence-electron chi connectivity index (χ2n) is 7.44. The first-order valence-corrected chi connectivity index (χ1v) is 10.4. The van der Waals surface area contributed by atoms with Gasteiger partial charge in [0.1, 0.15) is 17.5 Å². The van der Waals surface area contributed by atoms with E-state index in [-0.39, 0.29) is 24.1 Å². The van der Waals surface area contributed by atoms with Crippen LogP contribution in [0.2, 0.25) is 0 Å². The predicted octanol–water partition coefficient (Wildman–Crippen LogP) is 3.21. The lowest BCUT2D eigenvalue weighted by molar-refractivity contribution is -0.136. The van der Waals surface area contributed by atoms with Crippen LogP contribution in [0, 0.1) is 0 Å². The molecule has 3 amide bonds. The van der Waals surface area contributed by atoms with Crippen LogP contribution in [0.5, 0.6) is 11.5 Å². The van der Waals surface area contributed by atoms with Crippen molar-refractivity contribution in [1.29, 1.82) is 0 Å². The maximum atomic E-state index is 13.1. The number of hydrogen-bond acceptors (Lipinski definition) is 5. The number of imide groups is 1. The van der Waals surface area contributed by atoms with Crippen molar-refractivity contribution in [2.45, 2.75) is 39.2 Å². The van der Waals surface area contributed by atoms with Gasteiger partial charge in [-0.1, -0.05) is 19.1 Å². The quantitative estimate of drug-likeness (QED) is 0.578. The fourth-order valence-corrected chi connectivity index (χ4v) is 3.62. The molecule has 0 aliphatic carbocycles. The van der Waals surface area contributed by atoms with Gasteiger partial charge in [0.15, 0.2) is 0 Å². The molecule has 0 radical (unpaired) electrons. The average molecular weight is 424 g/mol. The Hall–Kier alpha value is -3.35. The van der Waals surface area contributed by atoms with Crippen molar-refractivity contribution in [3.8, 4) is 11.5 Å². The van der Waals surface area contributed by atoms with E-state index in [1.807, 2.05) is 31.2 Å². The molecule has 0 saturated carbocycles. The number of methoxy groups -OCH3 is 1. The molecule has 1 aliphatic heterocycles. The van der Waals surface area contributed by atoms with Gasteiger partial charge in [0, 0.05) is 13.5 Å². The molecule has 2 aromatic carbocycles. The third kappa shape index (κ3) is 5.23. The first-order chi connectivity index (χ1) is 14.9. The highest BCUT2D eigenvalue weighted by Crippen LogP contribution is 2.28. The molecule has 0 bridgehead atoms. The maximum absolute atomic E-state index is 13.1. The molecule has 7 nitrogen and oxygen atoms in total. The van der Waals surface area contributed by atoms with Crippen LogP contribution >= 0.6 is 0 Å². The fraction of sp³-hybridized carbons (Fsp3) is 0.375. The largest absolute Gasteiger partial charge is 0.497 e. The van der Waals surface area contributed by atoms with Crippen LogP contribution in [0.15, 0.2) is 48.5 Å². The van der Waals surface area contributed by atoms with Crippen molar-refractivity contribution >= 4 is 23.4 Å². The molecule has 1 aliphatic rings. The number of rotatable bonds is 9. The Bertz CT molecular complexity index is 924. The molecule has 1 atom stereocenters. The molecule has 7 heteroatoms. The summed E-state index contributed by atoms with van der Waals surface area (Å²) < 4.78 is 10.7. The number of anilines is 1. The van der Waals surface area contributed by atoms with Crippen molar-refractivity contribution in [2.24, 2.45) is 0 Å². The first kappa shape index (κ1) is 22.3. The summed E-state index contributed by atoms with van der Waals surface area (Å²) in [6.07, 6.45) is 1.45. The number of carbonyl (C=O) groups is 3. The first-order valence-electron chi connectivity index (χ1n) is 10.4. The minimum Gasteiger partial charge on any atom is -0.497 e. The summed E-state index contributed by atoms with van der Waals surface area (Å²) in [5.74, 6) is 0.520. The normalized spacial score (nSPS) is 15.8. The van der Waals surface area contributed by atoms with E-state index in [1.54, 1.807) is 31.4 Å². The lowest BCUT2D eigenvalue weighted by Crippen LogP contribution is -2.45. The lowest BCUT2D eigenvalue weighted by atomic mass is 10.1. The Kier molecular flexibility index (Phi) is 7.28. The van der Waals surface area contributed by atoms with Crippen LogP contribution in [-0.2, 0) is 20.8 Å². The monoisotopic (exact) mass is 424 g/mol. The van der Waals surface area contributed by atoms with Gasteiger partial charge in [-0.2, -0.15) is 0 Å². The molecular formula is C24H28N2O5. The Morgan fingerprint density at radius 3 is 2.29 bits per heavy atom. The molecule has 3 rings (SSSR count). The summed E-state index contributed by atoms with van der Waals surface area (Å²) >= 11 is 0. The summed E-state index contributed by atoms with van der Waals surface area (Å²) in [6, 6.07) is 13.6. The van der Waals surface area contributed by atoms with Crippen LogP contribution in [-0.4, -0.2) is 48.9 Å². The summed E-state index contributed by atoms with van der Waals surface area (Å²) in [7, 11) is 1.60. The van der Waals surface area contributed by atoms with E-state index in [4.69, 9.17) is 9.47 Å². The highest BCUT2D eigenvalue weighted by Gasteiger charge is 2.43. The smallest absolute Gasteiger partial charge is 0.257 e.